The van der Waals surface area contributed by atoms with Crippen molar-refractivity contribution in [1.29, 1.82) is 0 Å². The van der Waals surface area contributed by atoms with Gasteiger partial charge in [0.05, 0.1) is 6.04 Å². The Kier molecular flexibility index (Phi) is 7.34. The van der Waals surface area contributed by atoms with Crippen molar-refractivity contribution >= 4 is 5.91 Å². The first kappa shape index (κ1) is 15.4. The summed E-state index contributed by atoms with van der Waals surface area (Å²) in [4.78, 5) is 13.3. The number of carbonyl (C=O) groups is 1. The van der Waals surface area contributed by atoms with Gasteiger partial charge in [-0.3, -0.25) is 4.79 Å². The Labute approximate surface area is 99.6 Å². The van der Waals surface area contributed by atoms with Crippen LogP contribution in [0.1, 0.15) is 33.6 Å². The minimum absolute atomic E-state index is 0.205. The van der Waals surface area contributed by atoms with Crippen LogP contribution in [0.3, 0.4) is 0 Å². The molecule has 16 heavy (non-hydrogen) atoms. The van der Waals surface area contributed by atoms with Gasteiger partial charge in [0.2, 0.25) is 5.91 Å². The van der Waals surface area contributed by atoms with Crippen molar-refractivity contribution in [3.8, 4) is 0 Å². The van der Waals surface area contributed by atoms with Crippen molar-refractivity contribution in [3.63, 3.8) is 0 Å². The van der Waals surface area contributed by atoms with E-state index in [-0.39, 0.29) is 11.9 Å². The van der Waals surface area contributed by atoms with Gasteiger partial charge in [0.1, 0.15) is 0 Å². The second kappa shape index (κ2) is 7.63. The first-order chi connectivity index (χ1) is 7.36. The fourth-order valence-electron chi connectivity index (χ4n) is 1.89. The topological polar surface area (TPSA) is 58.4 Å². The van der Waals surface area contributed by atoms with Crippen molar-refractivity contribution in [2.24, 2.45) is 11.7 Å². The van der Waals surface area contributed by atoms with E-state index in [9.17, 15) is 4.79 Å². The summed E-state index contributed by atoms with van der Waals surface area (Å²) in [6.07, 6.45) is 1.80. The monoisotopic (exact) mass is 229 g/mol. The smallest absolute Gasteiger partial charge is 0.234 e. The number of hydrogen-bond acceptors (Lipinski definition) is 3. The van der Waals surface area contributed by atoms with Gasteiger partial charge in [0.25, 0.3) is 0 Å². The van der Waals surface area contributed by atoms with Gasteiger partial charge < -0.3 is 16.0 Å². The lowest BCUT2D eigenvalue weighted by Gasteiger charge is -2.27. The van der Waals surface area contributed by atoms with Crippen molar-refractivity contribution in [3.05, 3.63) is 0 Å². The van der Waals surface area contributed by atoms with E-state index in [1.807, 2.05) is 21.0 Å². The Morgan fingerprint density at radius 3 is 2.25 bits per heavy atom. The van der Waals surface area contributed by atoms with Crippen molar-refractivity contribution < 1.29 is 4.79 Å². The maximum atomic E-state index is 11.2. The number of amides is 1. The molecule has 0 rings (SSSR count). The van der Waals surface area contributed by atoms with Crippen LogP contribution in [0.4, 0.5) is 0 Å². The molecule has 0 aromatic rings. The molecular formula is C12H27N3O. The molecule has 2 unspecified atom stereocenters. The first-order valence-corrected chi connectivity index (χ1v) is 6.06. The molecule has 3 N–H and O–H groups in total. The zero-order valence-electron chi connectivity index (χ0n) is 11.3. The third-order valence-corrected chi connectivity index (χ3v) is 2.53. The molecular weight excluding hydrogens is 202 g/mol. The molecule has 2 atom stereocenters. The first-order valence-electron chi connectivity index (χ1n) is 6.06. The lowest BCUT2D eigenvalue weighted by Crippen LogP contribution is -2.49. The van der Waals surface area contributed by atoms with Crippen LogP contribution in [0.2, 0.25) is 0 Å². The molecule has 0 aliphatic carbocycles. The Balaban J connectivity index is 4.32. The van der Waals surface area contributed by atoms with Crippen LogP contribution < -0.4 is 11.1 Å². The van der Waals surface area contributed by atoms with Gasteiger partial charge >= 0.3 is 0 Å². The van der Waals surface area contributed by atoms with E-state index < -0.39 is 0 Å². The van der Waals surface area contributed by atoms with Crippen LogP contribution >= 0.6 is 0 Å². The number of rotatable bonds is 8. The van der Waals surface area contributed by atoms with E-state index in [0.717, 1.165) is 19.4 Å². The SMILES string of the molecule is CCC(NC(CC(C)C)CN(C)C)C(N)=O. The van der Waals surface area contributed by atoms with E-state index in [4.69, 9.17) is 5.73 Å². The van der Waals surface area contributed by atoms with Crippen molar-refractivity contribution in [2.75, 3.05) is 20.6 Å². The van der Waals surface area contributed by atoms with E-state index in [1.54, 1.807) is 0 Å². The molecule has 0 bridgehead atoms. The van der Waals surface area contributed by atoms with Crippen molar-refractivity contribution in [2.45, 2.75) is 45.7 Å². The molecule has 0 aromatic carbocycles. The number of carbonyl (C=O) groups excluding carboxylic acids is 1. The number of likely N-dealkylation sites (N-methyl/N-ethyl adjacent to an activating group) is 1. The van der Waals surface area contributed by atoms with Gasteiger partial charge in [-0.05, 0) is 32.9 Å². The van der Waals surface area contributed by atoms with Gasteiger partial charge in [-0.25, -0.2) is 0 Å². The number of nitrogens with two attached hydrogens (primary N) is 1. The molecule has 0 aliphatic rings. The predicted molar refractivity (Wildman–Crippen MR) is 68.2 cm³/mol. The third-order valence-electron chi connectivity index (χ3n) is 2.53. The largest absolute Gasteiger partial charge is 0.368 e. The molecule has 0 fully saturated rings. The van der Waals surface area contributed by atoms with Gasteiger partial charge in [-0.2, -0.15) is 0 Å². The maximum absolute atomic E-state index is 11.2. The van der Waals surface area contributed by atoms with E-state index in [1.165, 1.54) is 0 Å². The van der Waals surface area contributed by atoms with Crippen molar-refractivity contribution in [1.82, 2.24) is 10.2 Å². The van der Waals surface area contributed by atoms with Gasteiger partial charge in [-0.15, -0.1) is 0 Å². The highest BCUT2D eigenvalue weighted by molar-refractivity contribution is 5.79. The molecule has 0 saturated carbocycles. The fourth-order valence-corrected chi connectivity index (χ4v) is 1.89. The second-order valence-corrected chi connectivity index (χ2v) is 5.12. The maximum Gasteiger partial charge on any atom is 0.234 e. The summed E-state index contributed by atoms with van der Waals surface area (Å²) in [5.74, 6) is 0.359. The van der Waals surface area contributed by atoms with Gasteiger partial charge in [0, 0.05) is 12.6 Å². The van der Waals surface area contributed by atoms with Crippen LogP contribution in [-0.4, -0.2) is 43.5 Å². The van der Waals surface area contributed by atoms with Gasteiger partial charge in [-0.1, -0.05) is 20.8 Å². The molecule has 96 valence electrons. The normalized spacial score (nSPS) is 15.4. The average Bonchev–Trinajstić information content (AvgIpc) is 2.11. The zero-order valence-corrected chi connectivity index (χ0v) is 11.3. The molecule has 0 spiro atoms. The Hall–Kier alpha value is -0.610. The van der Waals surface area contributed by atoms with E-state index >= 15 is 0 Å². The third kappa shape index (κ3) is 6.80. The lowest BCUT2D eigenvalue weighted by molar-refractivity contribution is -0.120. The summed E-state index contributed by atoms with van der Waals surface area (Å²) in [6.45, 7) is 7.29. The Bertz CT molecular complexity index is 194. The zero-order chi connectivity index (χ0) is 12.7. The number of hydrogen-bond donors (Lipinski definition) is 2. The number of nitrogens with one attached hydrogen (secondary N) is 1. The van der Waals surface area contributed by atoms with Crippen LogP contribution in [0, 0.1) is 5.92 Å². The molecule has 0 heterocycles. The molecule has 0 aliphatic heterocycles. The standard InChI is InChI=1S/C12H27N3O/c1-6-11(12(13)16)14-10(7-9(2)3)8-15(4)5/h9-11,14H,6-8H2,1-5H3,(H2,13,16). The lowest BCUT2D eigenvalue weighted by atomic mass is 10.0. The summed E-state index contributed by atoms with van der Waals surface area (Å²) < 4.78 is 0. The predicted octanol–water partition coefficient (Wildman–Crippen LogP) is 0.816. The molecule has 0 aromatic heterocycles. The molecule has 1 amide bonds. The van der Waals surface area contributed by atoms with Crippen LogP contribution in [0.25, 0.3) is 0 Å². The summed E-state index contributed by atoms with van der Waals surface area (Å²) in [7, 11) is 4.08. The minimum Gasteiger partial charge on any atom is -0.368 e. The molecule has 4 nitrogen and oxygen atoms in total. The summed E-state index contributed by atoms with van der Waals surface area (Å²) in [5, 5.41) is 3.35. The molecule has 0 saturated heterocycles. The van der Waals surface area contributed by atoms with Crippen LogP contribution in [0.15, 0.2) is 0 Å². The number of nitrogens with zero attached hydrogens (tertiary/aromatic N) is 1. The van der Waals surface area contributed by atoms with E-state index in [0.29, 0.717) is 12.0 Å². The van der Waals surface area contributed by atoms with Crippen LogP contribution in [0.5, 0.6) is 0 Å². The second-order valence-electron chi connectivity index (χ2n) is 5.12. The minimum atomic E-state index is -0.255. The summed E-state index contributed by atoms with van der Waals surface area (Å²) >= 11 is 0. The quantitative estimate of drug-likeness (QED) is 0.648. The summed E-state index contributed by atoms with van der Waals surface area (Å²) in [6, 6.07) is 0.121. The number of primary amides is 1. The van der Waals surface area contributed by atoms with Crippen LogP contribution in [-0.2, 0) is 4.79 Å². The Morgan fingerprint density at radius 1 is 1.38 bits per heavy atom. The highest BCUT2D eigenvalue weighted by Crippen LogP contribution is 2.07. The molecule has 0 radical (unpaired) electrons. The highest BCUT2D eigenvalue weighted by Gasteiger charge is 2.19. The fraction of sp³-hybridized carbons (Fsp3) is 0.917. The average molecular weight is 229 g/mol. The molecule has 4 heteroatoms. The van der Waals surface area contributed by atoms with Gasteiger partial charge in [0.15, 0.2) is 0 Å². The Morgan fingerprint density at radius 2 is 1.94 bits per heavy atom. The highest BCUT2D eigenvalue weighted by atomic mass is 16.1. The summed E-state index contributed by atoms with van der Waals surface area (Å²) in [5.41, 5.74) is 5.34. The van der Waals surface area contributed by atoms with E-state index in [2.05, 4.69) is 24.1 Å².